The second-order valence-corrected chi connectivity index (χ2v) is 3.54. The zero-order chi connectivity index (χ0) is 8.55. The van der Waals surface area contributed by atoms with E-state index in [2.05, 4.69) is 16.0 Å². The van der Waals surface area contributed by atoms with E-state index >= 15 is 0 Å². The fraction of sp³-hybridized carbons (Fsp3) is 0.500. The van der Waals surface area contributed by atoms with Crippen LogP contribution in [0.4, 0.5) is 0 Å². The van der Waals surface area contributed by atoms with E-state index in [0.29, 0.717) is 16.4 Å². The van der Waals surface area contributed by atoms with Crippen LogP contribution >= 0.6 is 23.2 Å². The summed E-state index contributed by atoms with van der Waals surface area (Å²) in [5.41, 5.74) is 5.87. The zero-order valence-corrected chi connectivity index (χ0v) is 7.73. The number of hydrazine groups is 2. The van der Waals surface area contributed by atoms with Gasteiger partial charge in [0.25, 0.3) is 0 Å². The fourth-order valence-electron chi connectivity index (χ4n) is 0.834. The maximum atomic E-state index is 5.71. The van der Waals surface area contributed by atoms with Crippen LogP contribution in [0.3, 0.4) is 0 Å². The number of hydrazone groups is 1. The van der Waals surface area contributed by atoms with Gasteiger partial charge < -0.3 is 0 Å². The second-order valence-electron chi connectivity index (χ2n) is 2.74. The van der Waals surface area contributed by atoms with Gasteiger partial charge in [0.05, 0.1) is 0 Å². The molecule has 0 atom stereocenters. The van der Waals surface area contributed by atoms with Crippen LogP contribution in [0.1, 0.15) is 12.8 Å². The summed E-state index contributed by atoms with van der Waals surface area (Å²) < 4.78 is 0. The lowest BCUT2D eigenvalue weighted by molar-refractivity contribution is 0.138. The molecule has 0 radical (unpaired) electrons. The Kier molecular flexibility index (Phi) is 2.12. The molecule has 0 saturated heterocycles. The third-order valence-electron chi connectivity index (χ3n) is 1.54. The van der Waals surface area contributed by atoms with Crippen LogP contribution in [0.15, 0.2) is 16.3 Å². The number of nitrogens with zero attached hydrogens (tertiary/aromatic N) is 2. The van der Waals surface area contributed by atoms with Gasteiger partial charge in [-0.25, -0.2) is 0 Å². The first-order valence-electron chi connectivity index (χ1n) is 3.68. The summed E-state index contributed by atoms with van der Waals surface area (Å²) in [6, 6.07) is 0.508. The zero-order valence-electron chi connectivity index (χ0n) is 6.22. The van der Waals surface area contributed by atoms with Crippen molar-refractivity contribution in [2.24, 2.45) is 5.10 Å². The van der Waals surface area contributed by atoms with Gasteiger partial charge in [-0.1, -0.05) is 23.2 Å². The molecule has 2 rings (SSSR count). The lowest BCUT2D eigenvalue weighted by atomic mass is 10.6. The molecule has 0 aromatic rings. The lowest BCUT2D eigenvalue weighted by Gasteiger charge is -2.23. The molecule has 0 aromatic carbocycles. The highest BCUT2D eigenvalue weighted by molar-refractivity contribution is 6.69. The normalized spacial score (nSPS) is 23.0. The minimum absolute atomic E-state index is 0.368. The van der Waals surface area contributed by atoms with Gasteiger partial charge in [-0.15, -0.1) is 10.3 Å². The summed E-state index contributed by atoms with van der Waals surface area (Å²) >= 11 is 11.4. The Morgan fingerprint density at radius 3 is 2.92 bits per heavy atom. The maximum absolute atomic E-state index is 5.71. The second kappa shape index (κ2) is 3.12. The molecule has 0 unspecified atom stereocenters. The summed E-state index contributed by atoms with van der Waals surface area (Å²) in [7, 11) is 0. The largest absolute Gasteiger partial charge is 0.256 e. The van der Waals surface area contributed by atoms with Gasteiger partial charge in [-0.2, -0.15) is 5.43 Å². The molecule has 1 saturated carbocycles. The highest BCUT2D eigenvalue weighted by Gasteiger charge is 2.24. The first-order chi connectivity index (χ1) is 5.74. The Morgan fingerprint density at radius 2 is 2.33 bits per heavy atom. The standard InChI is InChI=1S/C6H8Cl2N4/c7-5-3-6(8)11-12(10-5)9-4-1-2-4/h3-4,9-10H,1-2H2. The fourth-order valence-corrected chi connectivity index (χ4v) is 1.26. The lowest BCUT2D eigenvalue weighted by Crippen LogP contribution is -2.46. The molecule has 1 aliphatic heterocycles. The predicted octanol–water partition coefficient (Wildman–Crippen LogP) is 1.11. The molecule has 66 valence electrons. The SMILES string of the molecule is ClC1=CC(Cl)=NN(NC2CC2)N1. The third kappa shape index (κ3) is 2.03. The van der Waals surface area contributed by atoms with Gasteiger partial charge in [0.1, 0.15) is 5.16 Å². The average molecular weight is 207 g/mol. The number of nitrogens with one attached hydrogen (secondary N) is 2. The first-order valence-corrected chi connectivity index (χ1v) is 4.44. The number of rotatable bonds is 2. The quantitative estimate of drug-likeness (QED) is 0.666. The molecule has 1 heterocycles. The molecule has 4 nitrogen and oxygen atoms in total. The van der Waals surface area contributed by atoms with Gasteiger partial charge in [-0.3, -0.25) is 5.43 Å². The smallest absolute Gasteiger partial charge is 0.155 e. The van der Waals surface area contributed by atoms with Crippen molar-refractivity contribution in [1.29, 1.82) is 0 Å². The van der Waals surface area contributed by atoms with Crippen LogP contribution in [0.5, 0.6) is 0 Å². The highest BCUT2D eigenvalue weighted by Crippen LogP contribution is 2.19. The van der Waals surface area contributed by atoms with Gasteiger partial charge >= 0.3 is 0 Å². The Morgan fingerprint density at radius 1 is 1.58 bits per heavy atom. The van der Waals surface area contributed by atoms with Crippen molar-refractivity contribution in [1.82, 2.24) is 16.1 Å². The van der Waals surface area contributed by atoms with Crippen LogP contribution in [0, 0.1) is 0 Å². The van der Waals surface area contributed by atoms with Crippen LogP contribution in [0.2, 0.25) is 0 Å². The van der Waals surface area contributed by atoms with Crippen LogP contribution in [-0.4, -0.2) is 16.4 Å². The molecular weight excluding hydrogens is 199 g/mol. The molecule has 0 amide bonds. The van der Waals surface area contributed by atoms with E-state index in [1.54, 1.807) is 6.08 Å². The van der Waals surface area contributed by atoms with Crippen molar-refractivity contribution < 1.29 is 0 Å². The molecule has 1 fully saturated rings. The van der Waals surface area contributed by atoms with Crippen molar-refractivity contribution in [3.63, 3.8) is 0 Å². The molecule has 2 N–H and O–H groups in total. The highest BCUT2D eigenvalue weighted by atomic mass is 35.5. The molecule has 0 spiro atoms. The van der Waals surface area contributed by atoms with E-state index < -0.39 is 0 Å². The van der Waals surface area contributed by atoms with Crippen molar-refractivity contribution in [3.05, 3.63) is 11.2 Å². The minimum atomic E-state index is 0.368. The van der Waals surface area contributed by atoms with E-state index in [9.17, 15) is 0 Å². The minimum Gasteiger partial charge on any atom is -0.256 e. The van der Waals surface area contributed by atoms with E-state index in [4.69, 9.17) is 23.2 Å². The van der Waals surface area contributed by atoms with Crippen LogP contribution in [-0.2, 0) is 0 Å². The van der Waals surface area contributed by atoms with Gasteiger partial charge in [0.2, 0.25) is 0 Å². The Bertz CT molecular complexity index is 246. The Balaban J connectivity index is 1.95. The summed E-state index contributed by atoms with van der Waals surface area (Å²) in [6.07, 6.45) is 3.90. The van der Waals surface area contributed by atoms with Crippen molar-refractivity contribution in [2.45, 2.75) is 18.9 Å². The van der Waals surface area contributed by atoms with Crippen molar-refractivity contribution in [2.75, 3.05) is 0 Å². The van der Waals surface area contributed by atoms with Gasteiger partial charge in [0, 0.05) is 12.1 Å². The van der Waals surface area contributed by atoms with E-state index in [1.165, 1.54) is 18.1 Å². The monoisotopic (exact) mass is 206 g/mol. The van der Waals surface area contributed by atoms with Crippen molar-refractivity contribution >= 4 is 28.4 Å². The molecule has 0 bridgehead atoms. The number of allylic oxidation sites excluding steroid dienone is 1. The summed E-state index contributed by atoms with van der Waals surface area (Å²) in [5, 5.41) is 6.22. The molecule has 6 heteroatoms. The number of hydrogen-bond donors (Lipinski definition) is 2. The van der Waals surface area contributed by atoms with E-state index in [0.717, 1.165) is 0 Å². The Hall–Kier alpha value is -0.450. The van der Waals surface area contributed by atoms with E-state index in [-0.39, 0.29) is 0 Å². The van der Waals surface area contributed by atoms with Crippen molar-refractivity contribution in [3.8, 4) is 0 Å². The molecule has 12 heavy (non-hydrogen) atoms. The predicted molar refractivity (Wildman–Crippen MR) is 48.4 cm³/mol. The summed E-state index contributed by atoms with van der Waals surface area (Å²) in [6.45, 7) is 0. The summed E-state index contributed by atoms with van der Waals surface area (Å²) in [5.74, 6) is 0. The molecular formula is C6H8Cl2N4. The van der Waals surface area contributed by atoms with Gasteiger partial charge in [0.15, 0.2) is 5.17 Å². The van der Waals surface area contributed by atoms with Crippen LogP contribution < -0.4 is 10.9 Å². The van der Waals surface area contributed by atoms with E-state index in [1.807, 2.05) is 0 Å². The maximum Gasteiger partial charge on any atom is 0.155 e. The molecule has 1 aliphatic carbocycles. The molecule has 0 aromatic heterocycles. The van der Waals surface area contributed by atoms with Crippen LogP contribution in [0.25, 0.3) is 0 Å². The Labute approximate surface area is 80.1 Å². The number of halogens is 2. The number of hydrogen-bond acceptors (Lipinski definition) is 4. The first kappa shape index (κ1) is 8.16. The van der Waals surface area contributed by atoms with Gasteiger partial charge in [-0.05, 0) is 12.8 Å². The summed E-state index contributed by atoms with van der Waals surface area (Å²) in [4.78, 5) is 0. The average Bonchev–Trinajstić information content (AvgIpc) is 2.68. The topological polar surface area (TPSA) is 39.7 Å². The molecule has 2 aliphatic rings. The third-order valence-corrected chi connectivity index (χ3v) is 1.91.